The van der Waals surface area contributed by atoms with Gasteiger partial charge in [-0.2, -0.15) is 0 Å². The number of fused-ring (bicyclic) bond motifs is 1. The monoisotopic (exact) mass is 183 g/mol. The predicted octanol–water partition coefficient (Wildman–Crippen LogP) is 2.86. The van der Waals surface area contributed by atoms with Gasteiger partial charge in [-0.3, -0.25) is 4.79 Å². The highest BCUT2D eigenvalue weighted by Gasteiger charge is 2.03. The molecule has 1 nitrogen and oxygen atoms in total. The number of aryl methyl sites for hydroxylation is 1. The highest BCUT2D eigenvalue weighted by molar-refractivity contribution is 5.99. The lowest BCUT2D eigenvalue weighted by molar-refractivity contribution is 0.563. The minimum Gasteiger partial charge on any atom is -0.285 e. The molecule has 2 rings (SSSR count). The van der Waals surface area contributed by atoms with Crippen LogP contribution >= 0.6 is 0 Å². The molecule has 0 spiro atoms. The van der Waals surface area contributed by atoms with E-state index in [1.807, 2.05) is 36.6 Å². The Balaban J connectivity index is 2.84. The van der Waals surface area contributed by atoms with Gasteiger partial charge in [0, 0.05) is 5.56 Å². The van der Waals surface area contributed by atoms with Crippen molar-refractivity contribution in [2.45, 2.75) is 13.3 Å². The molecule has 0 bridgehead atoms. The first kappa shape index (κ1) is 8.95. The molecule has 14 heavy (non-hydrogen) atoms. The molecule has 0 aliphatic heterocycles. The van der Waals surface area contributed by atoms with Crippen LogP contribution in [0.5, 0.6) is 0 Å². The Hall–Kier alpha value is -1.63. The van der Waals surface area contributed by atoms with Crippen molar-refractivity contribution < 1.29 is 4.79 Å². The molecule has 0 saturated heterocycles. The van der Waals surface area contributed by atoms with Crippen LogP contribution in [-0.2, 0) is 11.2 Å². The Morgan fingerprint density at radius 2 is 1.79 bits per heavy atom. The first-order valence-corrected chi connectivity index (χ1v) is 4.75. The number of carbonyl (C=O) groups excluding carboxylic acids is 1. The summed E-state index contributed by atoms with van der Waals surface area (Å²) in [6.07, 6.45) is 2.96. The van der Waals surface area contributed by atoms with Gasteiger partial charge in [0.15, 0.2) is 0 Å². The molecule has 0 heterocycles. The number of hydrogen-bond donors (Lipinski definition) is 0. The Morgan fingerprint density at radius 3 is 2.43 bits per heavy atom. The molecule has 1 heteroatoms. The summed E-state index contributed by atoms with van der Waals surface area (Å²) in [6, 6.07) is 11.8. The number of hydrogen-bond acceptors (Lipinski definition) is 1. The van der Waals surface area contributed by atoms with E-state index in [9.17, 15) is 4.79 Å². The van der Waals surface area contributed by atoms with Crippen molar-refractivity contribution in [3.05, 3.63) is 47.5 Å². The van der Waals surface area contributed by atoms with Gasteiger partial charge >= 0.3 is 0 Å². The van der Waals surface area contributed by atoms with Crippen LogP contribution in [0.25, 0.3) is 10.8 Å². The maximum Gasteiger partial charge on any atom is 0.234 e. The molecular weight excluding hydrogens is 172 g/mol. The highest BCUT2D eigenvalue weighted by Crippen LogP contribution is 2.21. The lowest BCUT2D eigenvalue weighted by Crippen LogP contribution is -1.88. The average molecular weight is 183 g/mol. The second kappa shape index (κ2) is 3.62. The van der Waals surface area contributed by atoms with Gasteiger partial charge in [-0.1, -0.05) is 37.3 Å². The molecule has 0 aliphatic rings. The van der Waals surface area contributed by atoms with E-state index in [2.05, 4.69) is 13.0 Å². The number of rotatable bonds is 2. The van der Waals surface area contributed by atoms with Crippen molar-refractivity contribution in [3.63, 3.8) is 0 Å². The van der Waals surface area contributed by atoms with E-state index in [1.165, 1.54) is 5.56 Å². The third kappa shape index (κ3) is 1.31. The molecular formula is C13H11O. The van der Waals surface area contributed by atoms with Crippen LogP contribution in [-0.4, -0.2) is 6.29 Å². The zero-order valence-electron chi connectivity index (χ0n) is 8.08. The Bertz CT molecular complexity index is 472. The minimum absolute atomic E-state index is 0.651. The Labute approximate surface area is 83.4 Å². The van der Waals surface area contributed by atoms with Gasteiger partial charge in [0.25, 0.3) is 0 Å². The Kier molecular flexibility index (Phi) is 2.32. The van der Waals surface area contributed by atoms with Crippen LogP contribution in [0.4, 0.5) is 0 Å². The van der Waals surface area contributed by atoms with Gasteiger partial charge in [0.05, 0.1) is 0 Å². The predicted molar refractivity (Wildman–Crippen MR) is 58.1 cm³/mol. The van der Waals surface area contributed by atoms with Gasteiger partial charge in [0.1, 0.15) is 0 Å². The molecule has 0 unspecified atom stereocenters. The largest absolute Gasteiger partial charge is 0.285 e. The maximum absolute atomic E-state index is 10.7. The summed E-state index contributed by atoms with van der Waals surface area (Å²) in [7, 11) is 0. The van der Waals surface area contributed by atoms with Crippen LogP contribution in [0.1, 0.15) is 18.1 Å². The van der Waals surface area contributed by atoms with Crippen molar-refractivity contribution in [3.8, 4) is 0 Å². The molecule has 2 aromatic carbocycles. The Morgan fingerprint density at radius 1 is 1.07 bits per heavy atom. The zero-order chi connectivity index (χ0) is 9.97. The summed E-state index contributed by atoms with van der Waals surface area (Å²) in [5, 5.41) is 2.16. The molecule has 69 valence electrons. The van der Waals surface area contributed by atoms with Gasteiger partial charge in [-0.25, -0.2) is 0 Å². The van der Waals surface area contributed by atoms with Crippen LogP contribution in [0.2, 0.25) is 0 Å². The summed E-state index contributed by atoms with van der Waals surface area (Å²) in [5.41, 5.74) is 1.93. The fourth-order valence-electron chi connectivity index (χ4n) is 1.76. The van der Waals surface area contributed by atoms with E-state index in [0.29, 0.717) is 5.56 Å². The van der Waals surface area contributed by atoms with E-state index in [-0.39, 0.29) is 0 Å². The molecule has 0 N–H and O–H groups in total. The van der Waals surface area contributed by atoms with Gasteiger partial charge in [0.2, 0.25) is 6.29 Å². The van der Waals surface area contributed by atoms with Gasteiger partial charge < -0.3 is 0 Å². The molecule has 0 amide bonds. The molecule has 0 fully saturated rings. The van der Waals surface area contributed by atoms with E-state index in [4.69, 9.17) is 0 Å². The van der Waals surface area contributed by atoms with Crippen molar-refractivity contribution in [2.75, 3.05) is 0 Å². The molecule has 2 aromatic rings. The van der Waals surface area contributed by atoms with Gasteiger partial charge in [-0.15, -0.1) is 0 Å². The van der Waals surface area contributed by atoms with Crippen LogP contribution in [0.15, 0.2) is 36.4 Å². The van der Waals surface area contributed by atoms with Crippen LogP contribution < -0.4 is 0 Å². The summed E-state index contributed by atoms with van der Waals surface area (Å²) in [6.45, 7) is 2.12. The molecule has 0 aromatic heterocycles. The zero-order valence-corrected chi connectivity index (χ0v) is 8.08. The van der Waals surface area contributed by atoms with Crippen LogP contribution in [0.3, 0.4) is 0 Å². The first-order chi connectivity index (χ1) is 6.86. The highest BCUT2D eigenvalue weighted by atomic mass is 16.1. The third-order valence-corrected chi connectivity index (χ3v) is 2.51. The van der Waals surface area contributed by atoms with E-state index in [0.717, 1.165) is 17.2 Å². The van der Waals surface area contributed by atoms with Crippen molar-refractivity contribution in [1.82, 2.24) is 0 Å². The smallest absolute Gasteiger partial charge is 0.234 e. The topological polar surface area (TPSA) is 17.1 Å². The quantitative estimate of drug-likeness (QED) is 0.699. The summed E-state index contributed by atoms with van der Waals surface area (Å²) in [5.74, 6) is 0. The van der Waals surface area contributed by atoms with Crippen molar-refractivity contribution in [2.24, 2.45) is 0 Å². The van der Waals surface area contributed by atoms with Crippen molar-refractivity contribution >= 4 is 17.1 Å². The molecule has 0 saturated carbocycles. The minimum atomic E-state index is 0.651. The maximum atomic E-state index is 10.7. The molecule has 0 aliphatic carbocycles. The van der Waals surface area contributed by atoms with E-state index < -0.39 is 0 Å². The van der Waals surface area contributed by atoms with Crippen LogP contribution in [0, 0.1) is 0 Å². The lowest BCUT2D eigenvalue weighted by Gasteiger charge is -2.05. The van der Waals surface area contributed by atoms with Gasteiger partial charge in [-0.05, 0) is 28.8 Å². The molecule has 1 radical (unpaired) electrons. The summed E-state index contributed by atoms with van der Waals surface area (Å²) < 4.78 is 0. The normalized spacial score (nSPS) is 10.4. The fourth-order valence-corrected chi connectivity index (χ4v) is 1.76. The second-order valence-corrected chi connectivity index (χ2v) is 3.27. The SMILES string of the molecule is CCc1ccc([C]=O)c2ccccc12. The van der Waals surface area contributed by atoms with E-state index in [1.54, 1.807) is 0 Å². The standard InChI is InChI=1S/C13H11O/c1-2-10-7-8-11(9-14)13-6-4-3-5-12(10)13/h3-8H,2H2,1H3. The lowest BCUT2D eigenvalue weighted by atomic mass is 9.99. The molecule has 0 atom stereocenters. The number of benzene rings is 2. The first-order valence-electron chi connectivity index (χ1n) is 4.75. The average Bonchev–Trinajstić information content (AvgIpc) is 2.27. The summed E-state index contributed by atoms with van der Waals surface area (Å²) >= 11 is 0. The fraction of sp³-hybridized carbons (Fsp3) is 0.154. The second-order valence-electron chi connectivity index (χ2n) is 3.27. The summed E-state index contributed by atoms with van der Waals surface area (Å²) in [4.78, 5) is 10.7. The van der Waals surface area contributed by atoms with E-state index >= 15 is 0 Å². The third-order valence-electron chi connectivity index (χ3n) is 2.51. The van der Waals surface area contributed by atoms with Crippen molar-refractivity contribution in [1.29, 1.82) is 0 Å².